The number of nitriles is 1. The van der Waals surface area contributed by atoms with Gasteiger partial charge in [-0.2, -0.15) is 5.26 Å². The molecular formula is C33H32FN7O2. The molecule has 3 aliphatic heterocycles. The molecule has 218 valence electrons. The summed E-state index contributed by atoms with van der Waals surface area (Å²) in [4.78, 5) is 13.6. The molecule has 0 radical (unpaired) electrons. The summed E-state index contributed by atoms with van der Waals surface area (Å²) in [5.74, 6) is 1.33. The van der Waals surface area contributed by atoms with Crippen LogP contribution in [0.5, 0.6) is 11.5 Å². The van der Waals surface area contributed by atoms with Crippen LogP contribution in [-0.2, 0) is 6.54 Å². The summed E-state index contributed by atoms with van der Waals surface area (Å²) >= 11 is 0. The molecule has 1 spiro atoms. The summed E-state index contributed by atoms with van der Waals surface area (Å²) < 4.78 is 20.9. The van der Waals surface area contributed by atoms with E-state index in [1.54, 1.807) is 24.4 Å². The maximum atomic E-state index is 14.4. The van der Waals surface area contributed by atoms with Crippen molar-refractivity contribution < 1.29 is 14.2 Å². The normalized spacial score (nSPS) is 21.0. The largest absolute Gasteiger partial charge is 0.451 e. The first-order valence-electron chi connectivity index (χ1n) is 14.5. The Balaban J connectivity index is 1.09. The van der Waals surface area contributed by atoms with Crippen LogP contribution in [0.2, 0.25) is 0 Å². The van der Waals surface area contributed by atoms with Crippen LogP contribution in [0.15, 0.2) is 67.1 Å². The van der Waals surface area contributed by atoms with Gasteiger partial charge in [0.05, 0.1) is 29.2 Å². The highest BCUT2D eigenvalue weighted by molar-refractivity contribution is 5.76. The fourth-order valence-electron chi connectivity index (χ4n) is 6.72. The molecule has 1 aromatic heterocycles. The van der Waals surface area contributed by atoms with Crippen LogP contribution >= 0.6 is 0 Å². The average Bonchev–Trinajstić information content (AvgIpc) is 3.72. The standard InChI is InChI=1S/C33H32FN7O2/c1-21-23(15-35)3-2-4-25(21)26-14-24(34)6-8-29(26)43-30-16-36-20-37-31(30)41-12-10-33(19-41)9-11-40(18-33)17-22-5-7-27-28(13-22)39-32(42)38-27/h2-8,13-14,16,20,32,38-39,42H,9-12,17-19H2,1H3. The molecule has 2 saturated heterocycles. The van der Waals surface area contributed by atoms with E-state index in [4.69, 9.17) is 4.74 Å². The number of aromatic nitrogens is 2. The number of ether oxygens (including phenoxy) is 1. The van der Waals surface area contributed by atoms with Gasteiger partial charge >= 0.3 is 0 Å². The van der Waals surface area contributed by atoms with Crippen LogP contribution in [-0.4, -0.2) is 52.5 Å². The SMILES string of the molecule is Cc1c(C#N)cccc1-c1cc(F)ccc1Oc1cncnc1N1CCC2(CCN(Cc3ccc4c(c3)NC(O)N4)C2)C1. The number of benzene rings is 3. The molecule has 0 bridgehead atoms. The first-order valence-corrected chi connectivity index (χ1v) is 14.5. The van der Waals surface area contributed by atoms with Gasteiger partial charge in [-0.3, -0.25) is 4.90 Å². The van der Waals surface area contributed by atoms with Gasteiger partial charge in [0.25, 0.3) is 0 Å². The zero-order valence-electron chi connectivity index (χ0n) is 23.8. The molecule has 4 aromatic rings. The first kappa shape index (κ1) is 27.1. The van der Waals surface area contributed by atoms with E-state index in [2.05, 4.69) is 48.6 Å². The molecule has 2 atom stereocenters. The fourth-order valence-corrected chi connectivity index (χ4v) is 6.72. The van der Waals surface area contributed by atoms with Gasteiger partial charge in [0.2, 0.25) is 6.35 Å². The number of aliphatic hydroxyl groups is 1. The van der Waals surface area contributed by atoms with Crippen molar-refractivity contribution in [1.82, 2.24) is 14.9 Å². The van der Waals surface area contributed by atoms with Crippen LogP contribution in [0.1, 0.15) is 29.5 Å². The smallest absolute Gasteiger partial charge is 0.202 e. The van der Waals surface area contributed by atoms with E-state index >= 15 is 0 Å². The van der Waals surface area contributed by atoms with E-state index in [0.717, 1.165) is 73.9 Å². The molecule has 0 amide bonds. The van der Waals surface area contributed by atoms with Crippen molar-refractivity contribution >= 4 is 17.2 Å². The molecule has 0 aliphatic carbocycles. The molecule has 9 nitrogen and oxygen atoms in total. The molecule has 3 aliphatic rings. The lowest BCUT2D eigenvalue weighted by Gasteiger charge is -2.26. The minimum atomic E-state index is -0.742. The summed E-state index contributed by atoms with van der Waals surface area (Å²) in [6.45, 7) is 6.44. The second kappa shape index (κ2) is 10.8. The van der Waals surface area contributed by atoms with Crippen molar-refractivity contribution in [3.05, 3.63) is 89.6 Å². The summed E-state index contributed by atoms with van der Waals surface area (Å²) in [6.07, 6.45) is 4.61. The van der Waals surface area contributed by atoms with Crippen molar-refractivity contribution in [2.75, 3.05) is 41.7 Å². The Bertz CT molecular complexity index is 1740. The molecule has 10 heteroatoms. The molecule has 4 heterocycles. The zero-order chi connectivity index (χ0) is 29.6. The van der Waals surface area contributed by atoms with Crippen molar-refractivity contribution in [3.8, 4) is 28.7 Å². The Morgan fingerprint density at radius 1 is 1.05 bits per heavy atom. The lowest BCUT2D eigenvalue weighted by molar-refractivity contribution is 0.238. The number of hydrogen-bond acceptors (Lipinski definition) is 9. The third-order valence-corrected chi connectivity index (χ3v) is 8.89. The van der Waals surface area contributed by atoms with Gasteiger partial charge in [-0.15, -0.1) is 0 Å². The molecule has 0 saturated carbocycles. The minimum absolute atomic E-state index is 0.158. The molecule has 7 rings (SSSR count). The second-order valence-electron chi connectivity index (χ2n) is 11.7. The third kappa shape index (κ3) is 5.22. The highest BCUT2D eigenvalue weighted by atomic mass is 19.1. The predicted molar refractivity (Wildman–Crippen MR) is 162 cm³/mol. The van der Waals surface area contributed by atoms with Gasteiger partial charge < -0.3 is 25.4 Å². The Morgan fingerprint density at radius 2 is 1.91 bits per heavy atom. The van der Waals surface area contributed by atoms with Crippen LogP contribution < -0.4 is 20.3 Å². The summed E-state index contributed by atoms with van der Waals surface area (Å²) in [5, 5.41) is 25.4. The predicted octanol–water partition coefficient (Wildman–Crippen LogP) is 5.47. The number of likely N-dealkylation sites (tertiary alicyclic amines) is 1. The maximum Gasteiger partial charge on any atom is 0.202 e. The quantitative estimate of drug-likeness (QED) is 0.275. The number of nitrogens with zero attached hydrogens (tertiary/aromatic N) is 5. The average molecular weight is 578 g/mol. The van der Waals surface area contributed by atoms with E-state index in [9.17, 15) is 14.8 Å². The zero-order valence-corrected chi connectivity index (χ0v) is 23.8. The van der Waals surface area contributed by atoms with Gasteiger partial charge in [0.15, 0.2) is 11.6 Å². The number of anilines is 3. The summed E-state index contributed by atoms with van der Waals surface area (Å²) in [6, 6.07) is 18.3. The van der Waals surface area contributed by atoms with Gasteiger partial charge in [-0.05, 0) is 79.4 Å². The lowest BCUT2D eigenvalue weighted by Crippen LogP contribution is -2.31. The van der Waals surface area contributed by atoms with Crippen molar-refractivity contribution in [2.24, 2.45) is 5.41 Å². The number of halogens is 1. The molecule has 43 heavy (non-hydrogen) atoms. The van der Waals surface area contributed by atoms with Crippen LogP contribution in [0.3, 0.4) is 0 Å². The Kier molecular flexibility index (Phi) is 6.84. The summed E-state index contributed by atoms with van der Waals surface area (Å²) in [5.41, 5.74) is 5.83. The van der Waals surface area contributed by atoms with Crippen molar-refractivity contribution in [2.45, 2.75) is 32.7 Å². The summed E-state index contributed by atoms with van der Waals surface area (Å²) in [7, 11) is 0. The van der Waals surface area contributed by atoms with Crippen molar-refractivity contribution in [1.29, 1.82) is 5.26 Å². The van der Waals surface area contributed by atoms with E-state index in [1.165, 1.54) is 24.0 Å². The molecule has 2 fully saturated rings. The Hall–Kier alpha value is -4.72. The number of hydrogen-bond donors (Lipinski definition) is 3. The second-order valence-corrected chi connectivity index (χ2v) is 11.7. The highest BCUT2D eigenvalue weighted by Gasteiger charge is 2.44. The van der Waals surface area contributed by atoms with Gasteiger partial charge in [0.1, 0.15) is 17.9 Å². The van der Waals surface area contributed by atoms with Crippen LogP contribution in [0.25, 0.3) is 11.1 Å². The topological polar surface area (TPSA) is 110 Å². The molecule has 3 N–H and O–H groups in total. The Morgan fingerprint density at radius 3 is 2.79 bits per heavy atom. The highest BCUT2D eigenvalue weighted by Crippen LogP contribution is 2.44. The van der Waals surface area contributed by atoms with Crippen LogP contribution in [0.4, 0.5) is 21.6 Å². The number of fused-ring (bicyclic) bond motifs is 1. The number of aliphatic hydroxyl groups excluding tert-OH is 1. The van der Waals surface area contributed by atoms with E-state index < -0.39 is 6.35 Å². The van der Waals surface area contributed by atoms with E-state index in [0.29, 0.717) is 22.6 Å². The van der Waals surface area contributed by atoms with E-state index in [1.807, 2.05) is 19.1 Å². The van der Waals surface area contributed by atoms with E-state index in [-0.39, 0.29) is 11.2 Å². The lowest BCUT2D eigenvalue weighted by atomic mass is 9.86. The van der Waals surface area contributed by atoms with Gasteiger partial charge in [0, 0.05) is 37.2 Å². The molecule has 2 unspecified atom stereocenters. The minimum Gasteiger partial charge on any atom is -0.451 e. The first-order chi connectivity index (χ1) is 20.9. The monoisotopic (exact) mass is 577 g/mol. The maximum absolute atomic E-state index is 14.4. The molecular weight excluding hydrogens is 545 g/mol. The van der Waals surface area contributed by atoms with Crippen molar-refractivity contribution in [3.63, 3.8) is 0 Å². The third-order valence-electron chi connectivity index (χ3n) is 8.89. The number of rotatable bonds is 6. The van der Waals surface area contributed by atoms with Gasteiger partial charge in [-0.25, -0.2) is 14.4 Å². The van der Waals surface area contributed by atoms with Gasteiger partial charge in [-0.1, -0.05) is 18.2 Å². The fraction of sp³-hybridized carbons (Fsp3) is 0.303. The molecule has 3 aromatic carbocycles. The number of nitrogens with one attached hydrogen (secondary N) is 2. The Labute approximate surface area is 249 Å². The van der Waals surface area contributed by atoms with Crippen LogP contribution in [0, 0.1) is 29.5 Å².